The molecule has 0 radical (unpaired) electrons. The maximum atomic E-state index is 12.7. The number of carbonyl (C=O) groups excluding carboxylic acids is 2. The lowest BCUT2D eigenvalue weighted by atomic mass is 9.97. The first kappa shape index (κ1) is 19.9. The molecule has 4 aromatic rings. The van der Waals surface area contributed by atoms with Gasteiger partial charge in [0.1, 0.15) is 5.65 Å². The maximum Gasteiger partial charge on any atom is 0.245 e. The Morgan fingerprint density at radius 1 is 1.25 bits per heavy atom. The molecule has 9 nitrogen and oxygen atoms in total. The Labute approximate surface area is 184 Å². The molecule has 0 bridgehead atoms. The van der Waals surface area contributed by atoms with Gasteiger partial charge < -0.3 is 15.2 Å². The van der Waals surface area contributed by atoms with Gasteiger partial charge in [0, 0.05) is 42.1 Å². The van der Waals surface area contributed by atoms with E-state index in [4.69, 9.17) is 0 Å². The lowest BCUT2D eigenvalue weighted by Crippen LogP contribution is -2.44. The fourth-order valence-electron chi connectivity index (χ4n) is 4.30. The van der Waals surface area contributed by atoms with Crippen LogP contribution >= 0.6 is 0 Å². The van der Waals surface area contributed by atoms with Crippen molar-refractivity contribution in [2.45, 2.75) is 19.4 Å². The summed E-state index contributed by atoms with van der Waals surface area (Å²) in [5.74, 6) is -0.385. The first-order valence-corrected chi connectivity index (χ1v) is 10.6. The number of nitrogens with zero attached hydrogens (tertiary/aromatic N) is 5. The number of nitrogens with one attached hydrogen (secondary N) is 2. The zero-order chi connectivity index (χ0) is 22.1. The second-order valence-corrected chi connectivity index (χ2v) is 7.92. The zero-order valence-corrected chi connectivity index (χ0v) is 17.5. The van der Waals surface area contributed by atoms with Crippen LogP contribution in [0.2, 0.25) is 0 Å². The van der Waals surface area contributed by atoms with E-state index in [-0.39, 0.29) is 17.7 Å². The van der Waals surface area contributed by atoms with Crippen molar-refractivity contribution in [3.05, 3.63) is 61.2 Å². The van der Waals surface area contributed by atoms with Crippen molar-refractivity contribution in [2.24, 2.45) is 5.92 Å². The van der Waals surface area contributed by atoms with Gasteiger partial charge in [-0.25, -0.2) is 4.98 Å². The Bertz CT molecular complexity index is 1320. The van der Waals surface area contributed by atoms with Crippen molar-refractivity contribution in [1.82, 2.24) is 35.0 Å². The maximum absolute atomic E-state index is 12.7. The van der Waals surface area contributed by atoms with E-state index >= 15 is 0 Å². The first-order valence-electron chi connectivity index (χ1n) is 10.6. The molecule has 9 heteroatoms. The summed E-state index contributed by atoms with van der Waals surface area (Å²) in [6.07, 6.45) is 8.13. The minimum absolute atomic E-state index is 0.0490. The number of amides is 2. The Hall–Kier alpha value is -4.01. The second kappa shape index (κ2) is 8.26. The standard InChI is InChI=1S/C23H23N7O2/c1-2-21(31)29-10-4-5-15(14-29)23(32)25-12-16-11-18-17(7-9-24-22(18)28-16)19-13-27-30-20(19)6-3-8-26-30/h2-3,6-9,11,13,15H,1,4-5,10,12,14H2,(H,24,28)(H,25,32). The van der Waals surface area contributed by atoms with E-state index in [0.29, 0.717) is 19.6 Å². The normalized spacial score (nSPS) is 16.4. The summed E-state index contributed by atoms with van der Waals surface area (Å²) in [6.45, 7) is 4.99. The number of carbonyl (C=O) groups is 2. The molecule has 0 aromatic carbocycles. The van der Waals surface area contributed by atoms with Crippen molar-refractivity contribution < 1.29 is 9.59 Å². The van der Waals surface area contributed by atoms with Crippen molar-refractivity contribution in [1.29, 1.82) is 0 Å². The highest BCUT2D eigenvalue weighted by Gasteiger charge is 2.27. The molecule has 2 N–H and O–H groups in total. The predicted molar refractivity (Wildman–Crippen MR) is 119 cm³/mol. The molecule has 0 saturated carbocycles. The Morgan fingerprint density at radius 3 is 3.03 bits per heavy atom. The van der Waals surface area contributed by atoms with Gasteiger partial charge in [0.15, 0.2) is 0 Å². The molecule has 5 heterocycles. The number of hydrogen-bond acceptors (Lipinski definition) is 5. The number of hydrogen-bond donors (Lipinski definition) is 2. The van der Waals surface area contributed by atoms with Crippen LogP contribution in [0.1, 0.15) is 18.5 Å². The van der Waals surface area contributed by atoms with Gasteiger partial charge in [-0.2, -0.15) is 14.8 Å². The van der Waals surface area contributed by atoms with Crippen LogP contribution in [0.25, 0.3) is 27.7 Å². The summed E-state index contributed by atoms with van der Waals surface area (Å²) < 4.78 is 1.60. The quantitative estimate of drug-likeness (QED) is 0.473. The van der Waals surface area contributed by atoms with Gasteiger partial charge in [0.2, 0.25) is 11.8 Å². The summed E-state index contributed by atoms with van der Waals surface area (Å²) in [4.78, 5) is 34.0. The average molecular weight is 429 g/mol. The summed E-state index contributed by atoms with van der Waals surface area (Å²) in [5.41, 5.74) is 4.48. The minimum atomic E-state index is -0.211. The predicted octanol–water partition coefficient (Wildman–Crippen LogP) is 2.31. The number of pyridine rings is 1. The number of rotatable bonds is 5. The topological polar surface area (TPSA) is 108 Å². The van der Waals surface area contributed by atoms with Gasteiger partial charge in [-0.15, -0.1) is 0 Å². The number of aromatic nitrogens is 5. The molecule has 1 unspecified atom stereocenters. The fraction of sp³-hybridized carbons (Fsp3) is 0.261. The van der Waals surface area contributed by atoms with E-state index in [2.05, 4.69) is 32.1 Å². The highest BCUT2D eigenvalue weighted by molar-refractivity contribution is 5.97. The molecule has 1 saturated heterocycles. The van der Waals surface area contributed by atoms with Gasteiger partial charge in [-0.3, -0.25) is 9.59 Å². The van der Waals surface area contributed by atoms with Crippen molar-refractivity contribution in [3.63, 3.8) is 0 Å². The molecule has 1 fully saturated rings. The van der Waals surface area contributed by atoms with Gasteiger partial charge in [0.05, 0.1) is 24.2 Å². The molecule has 0 aliphatic carbocycles. The summed E-state index contributed by atoms with van der Waals surface area (Å²) in [7, 11) is 0. The van der Waals surface area contributed by atoms with E-state index in [0.717, 1.165) is 46.2 Å². The molecule has 1 aliphatic heterocycles. The van der Waals surface area contributed by atoms with Crippen LogP contribution in [0.15, 0.2) is 55.5 Å². The Kier molecular flexibility index (Phi) is 5.14. The molecule has 1 aliphatic rings. The van der Waals surface area contributed by atoms with Crippen LogP contribution < -0.4 is 5.32 Å². The van der Waals surface area contributed by atoms with Gasteiger partial charge in [-0.1, -0.05) is 6.58 Å². The van der Waals surface area contributed by atoms with Crippen LogP contribution in [0.5, 0.6) is 0 Å². The monoisotopic (exact) mass is 429 g/mol. The number of piperidine rings is 1. The highest BCUT2D eigenvalue weighted by atomic mass is 16.2. The second-order valence-electron chi connectivity index (χ2n) is 7.92. The molecular weight excluding hydrogens is 406 g/mol. The van der Waals surface area contributed by atoms with Crippen molar-refractivity contribution in [2.75, 3.05) is 13.1 Å². The molecule has 32 heavy (non-hydrogen) atoms. The molecular formula is C23H23N7O2. The number of H-pyrrole nitrogens is 1. The molecule has 0 spiro atoms. The van der Waals surface area contributed by atoms with Crippen molar-refractivity contribution in [3.8, 4) is 11.1 Å². The van der Waals surface area contributed by atoms with Gasteiger partial charge in [-0.05, 0) is 48.7 Å². The van der Waals surface area contributed by atoms with E-state index in [9.17, 15) is 9.59 Å². The third kappa shape index (κ3) is 3.62. The fourth-order valence-corrected chi connectivity index (χ4v) is 4.30. The van der Waals surface area contributed by atoms with E-state index in [1.165, 1.54) is 6.08 Å². The number of fused-ring (bicyclic) bond motifs is 2. The third-order valence-electron chi connectivity index (χ3n) is 5.91. The SMILES string of the molecule is C=CC(=O)N1CCCC(C(=O)NCc2cc3c(-c4cnn5ncccc45)ccnc3[nH]2)C1. The third-order valence-corrected chi connectivity index (χ3v) is 5.91. The van der Waals surface area contributed by atoms with E-state index < -0.39 is 0 Å². The average Bonchev–Trinajstić information content (AvgIpc) is 3.46. The van der Waals surface area contributed by atoms with E-state index in [1.807, 2.05) is 24.3 Å². The lowest BCUT2D eigenvalue weighted by molar-refractivity contribution is -0.132. The van der Waals surface area contributed by atoms with E-state index in [1.54, 1.807) is 28.1 Å². The van der Waals surface area contributed by atoms with Gasteiger partial charge >= 0.3 is 0 Å². The molecule has 1 atom stereocenters. The van der Waals surface area contributed by atoms with Crippen LogP contribution in [0, 0.1) is 5.92 Å². The summed E-state index contributed by atoms with van der Waals surface area (Å²) in [5, 5.41) is 12.5. The first-order chi connectivity index (χ1) is 15.6. The summed E-state index contributed by atoms with van der Waals surface area (Å²) >= 11 is 0. The molecule has 4 aromatic heterocycles. The lowest BCUT2D eigenvalue weighted by Gasteiger charge is -2.31. The minimum Gasteiger partial charge on any atom is -0.350 e. The molecule has 5 rings (SSSR count). The highest BCUT2D eigenvalue weighted by Crippen LogP contribution is 2.30. The van der Waals surface area contributed by atoms with Crippen LogP contribution in [0.4, 0.5) is 0 Å². The largest absolute Gasteiger partial charge is 0.350 e. The molecule has 2 amide bonds. The summed E-state index contributed by atoms with van der Waals surface area (Å²) in [6, 6.07) is 7.81. The molecule has 162 valence electrons. The van der Waals surface area contributed by atoms with Crippen LogP contribution in [0.3, 0.4) is 0 Å². The van der Waals surface area contributed by atoms with Crippen LogP contribution in [-0.2, 0) is 16.1 Å². The van der Waals surface area contributed by atoms with Crippen molar-refractivity contribution >= 4 is 28.4 Å². The Morgan fingerprint density at radius 2 is 2.16 bits per heavy atom. The van der Waals surface area contributed by atoms with Crippen LogP contribution in [-0.4, -0.2) is 54.6 Å². The van der Waals surface area contributed by atoms with Gasteiger partial charge in [0.25, 0.3) is 0 Å². The Balaban J connectivity index is 1.34. The number of likely N-dealkylation sites (tertiary alicyclic amines) is 1. The smallest absolute Gasteiger partial charge is 0.245 e. The number of aromatic amines is 1. The zero-order valence-electron chi connectivity index (χ0n) is 17.5.